The maximum atomic E-state index is 13.2. The maximum absolute atomic E-state index is 13.2. The van der Waals surface area contributed by atoms with Gasteiger partial charge in [0.05, 0.1) is 14.2 Å². The first kappa shape index (κ1) is 23.5. The molecule has 1 aliphatic heterocycles. The van der Waals surface area contributed by atoms with E-state index in [2.05, 4.69) is 24.1 Å². The standard InChI is InChI=1S/C28H40N2O4/c1-27-14-12-20-18(7-11-24-28(20,2)15-13-25(31)30(24)3)19(27)8-10-23(27)29-26(32)17-6-9-21(33-4)22(16-17)34-5/h6,9,16,18-20,23-24H,7-8,10-15H2,1-5H3,(H,29,32)/t18-,19-,20+,23?,24?,27-,28+/m0/s1. The first-order valence-electron chi connectivity index (χ1n) is 13.0. The van der Waals surface area contributed by atoms with E-state index in [0.717, 1.165) is 25.7 Å². The molecule has 1 heterocycles. The molecule has 4 fully saturated rings. The monoisotopic (exact) mass is 468 g/mol. The Hall–Kier alpha value is -2.24. The zero-order valence-corrected chi connectivity index (χ0v) is 21.4. The van der Waals surface area contributed by atoms with Gasteiger partial charge in [-0.05, 0) is 91.7 Å². The van der Waals surface area contributed by atoms with Gasteiger partial charge >= 0.3 is 0 Å². The molecule has 6 nitrogen and oxygen atoms in total. The van der Waals surface area contributed by atoms with Crippen molar-refractivity contribution in [2.75, 3.05) is 21.3 Å². The molecular weight excluding hydrogens is 428 g/mol. The van der Waals surface area contributed by atoms with Gasteiger partial charge in [-0.1, -0.05) is 13.8 Å². The second-order valence-corrected chi connectivity index (χ2v) is 11.7. The zero-order valence-electron chi connectivity index (χ0n) is 21.4. The minimum Gasteiger partial charge on any atom is -0.493 e. The van der Waals surface area contributed by atoms with Crippen LogP contribution in [0.25, 0.3) is 0 Å². The summed E-state index contributed by atoms with van der Waals surface area (Å²) in [6.07, 6.45) is 8.63. The van der Waals surface area contributed by atoms with Gasteiger partial charge in [-0.25, -0.2) is 0 Å². The average Bonchev–Trinajstić information content (AvgIpc) is 3.17. The molecule has 0 spiro atoms. The van der Waals surface area contributed by atoms with Crippen LogP contribution in [0, 0.1) is 28.6 Å². The molecule has 2 amide bonds. The highest BCUT2D eigenvalue weighted by molar-refractivity contribution is 5.95. The highest BCUT2D eigenvalue weighted by Gasteiger charge is 2.61. The molecule has 3 aliphatic carbocycles. The van der Waals surface area contributed by atoms with Crippen molar-refractivity contribution in [1.29, 1.82) is 0 Å². The topological polar surface area (TPSA) is 67.9 Å². The third-order valence-corrected chi connectivity index (χ3v) is 10.5. The number of hydrogen-bond donors (Lipinski definition) is 1. The molecule has 3 saturated carbocycles. The van der Waals surface area contributed by atoms with Gasteiger partial charge in [0, 0.05) is 31.1 Å². The van der Waals surface area contributed by atoms with Gasteiger partial charge in [-0.2, -0.15) is 0 Å². The van der Waals surface area contributed by atoms with Gasteiger partial charge in [0.15, 0.2) is 11.5 Å². The summed E-state index contributed by atoms with van der Waals surface area (Å²) in [5.74, 6) is 3.52. The van der Waals surface area contributed by atoms with Gasteiger partial charge in [-0.3, -0.25) is 9.59 Å². The Balaban J connectivity index is 1.33. The van der Waals surface area contributed by atoms with Crippen LogP contribution in [0.2, 0.25) is 0 Å². The Morgan fingerprint density at radius 1 is 0.971 bits per heavy atom. The number of benzene rings is 1. The number of carbonyl (C=O) groups is 2. The molecule has 1 aromatic rings. The number of amides is 2. The molecular formula is C28H40N2O4. The number of piperidine rings is 1. The normalized spacial score (nSPS) is 39.0. The van der Waals surface area contributed by atoms with Crippen molar-refractivity contribution in [3.05, 3.63) is 23.8 Å². The molecule has 0 aromatic heterocycles. The van der Waals surface area contributed by atoms with Gasteiger partial charge in [0.25, 0.3) is 5.91 Å². The van der Waals surface area contributed by atoms with Gasteiger partial charge in [0.1, 0.15) is 0 Å². The van der Waals surface area contributed by atoms with Crippen molar-refractivity contribution < 1.29 is 19.1 Å². The number of hydrogen-bond acceptors (Lipinski definition) is 4. The third kappa shape index (κ3) is 3.43. The highest BCUT2D eigenvalue weighted by Crippen LogP contribution is 2.64. The van der Waals surface area contributed by atoms with Crippen LogP contribution < -0.4 is 14.8 Å². The van der Waals surface area contributed by atoms with E-state index in [0.29, 0.717) is 53.2 Å². The number of fused-ring (bicyclic) bond motifs is 5. The average molecular weight is 469 g/mol. The zero-order chi connectivity index (χ0) is 24.3. The number of rotatable bonds is 4. The van der Waals surface area contributed by atoms with Crippen LogP contribution in [-0.2, 0) is 4.79 Å². The molecule has 5 rings (SSSR count). The third-order valence-electron chi connectivity index (χ3n) is 10.5. The van der Waals surface area contributed by atoms with E-state index in [1.807, 2.05) is 13.1 Å². The van der Waals surface area contributed by atoms with Crippen molar-refractivity contribution in [2.45, 2.75) is 77.3 Å². The molecule has 4 aliphatic rings. The predicted octanol–water partition coefficient (Wildman–Crippen LogP) is 4.67. The van der Waals surface area contributed by atoms with Crippen molar-refractivity contribution in [3.8, 4) is 11.5 Å². The van der Waals surface area contributed by atoms with Crippen molar-refractivity contribution >= 4 is 11.8 Å². The van der Waals surface area contributed by atoms with Crippen LogP contribution in [-0.4, -0.2) is 50.1 Å². The number of nitrogens with one attached hydrogen (secondary N) is 1. The second-order valence-electron chi connectivity index (χ2n) is 11.7. The van der Waals surface area contributed by atoms with E-state index < -0.39 is 0 Å². The van der Waals surface area contributed by atoms with E-state index in [4.69, 9.17) is 9.47 Å². The van der Waals surface area contributed by atoms with Crippen LogP contribution in [0.15, 0.2) is 18.2 Å². The van der Waals surface area contributed by atoms with Crippen molar-refractivity contribution in [1.82, 2.24) is 10.2 Å². The predicted molar refractivity (Wildman–Crippen MR) is 131 cm³/mol. The van der Waals surface area contributed by atoms with Crippen molar-refractivity contribution in [3.63, 3.8) is 0 Å². The fraction of sp³-hybridized carbons (Fsp3) is 0.714. The summed E-state index contributed by atoms with van der Waals surface area (Å²) in [7, 11) is 5.22. The summed E-state index contributed by atoms with van der Waals surface area (Å²) >= 11 is 0. The lowest BCUT2D eigenvalue weighted by Gasteiger charge is -2.61. The molecule has 1 aromatic carbocycles. The second kappa shape index (κ2) is 8.46. The lowest BCUT2D eigenvalue weighted by atomic mass is 9.47. The van der Waals surface area contributed by atoms with Crippen LogP contribution >= 0.6 is 0 Å². The molecule has 186 valence electrons. The number of ether oxygens (including phenoxy) is 2. The van der Waals surface area contributed by atoms with E-state index in [9.17, 15) is 9.59 Å². The Labute approximate surface area is 203 Å². The molecule has 1 N–H and O–H groups in total. The van der Waals surface area contributed by atoms with Crippen LogP contribution in [0.4, 0.5) is 0 Å². The smallest absolute Gasteiger partial charge is 0.251 e. The van der Waals surface area contributed by atoms with E-state index >= 15 is 0 Å². The molecule has 2 unspecified atom stereocenters. The first-order chi connectivity index (χ1) is 16.2. The SMILES string of the molecule is COc1ccc(C(=O)NC2CC[C@H]3[C@@H]4CCC5N(C)C(=O)CC[C@]5(C)[C@@H]4CC[C@]23C)cc1OC. The molecule has 0 radical (unpaired) electrons. The lowest BCUT2D eigenvalue weighted by Crippen LogP contribution is -2.62. The highest BCUT2D eigenvalue weighted by atomic mass is 16.5. The quantitative estimate of drug-likeness (QED) is 0.698. The molecule has 6 heteroatoms. The number of methoxy groups -OCH3 is 2. The number of likely N-dealkylation sites (tertiary alicyclic amines) is 1. The summed E-state index contributed by atoms with van der Waals surface area (Å²) < 4.78 is 10.7. The summed E-state index contributed by atoms with van der Waals surface area (Å²) in [5, 5.41) is 3.41. The van der Waals surface area contributed by atoms with Crippen LogP contribution in [0.1, 0.15) is 75.6 Å². The number of carbonyl (C=O) groups excluding carboxylic acids is 2. The summed E-state index contributed by atoms with van der Waals surface area (Å²) in [5.41, 5.74) is 0.974. The van der Waals surface area contributed by atoms with Crippen molar-refractivity contribution in [2.24, 2.45) is 28.6 Å². The lowest BCUT2D eigenvalue weighted by molar-refractivity contribution is -0.157. The van der Waals surface area contributed by atoms with E-state index in [-0.39, 0.29) is 22.8 Å². The largest absolute Gasteiger partial charge is 0.493 e. The Morgan fingerprint density at radius 3 is 2.44 bits per heavy atom. The van der Waals surface area contributed by atoms with Gasteiger partial charge in [-0.15, -0.1) is 0 Å². The maximum Gasteiger partial charge on any atom is 0.251 e. The Bertz CT molecular complexity index is 979. The Kier molecular flexibility index (Phi) is 5.84. The fourth-order valence-electron chi connectivity index (χ4n) is 8.61. The minimum atomic E-state index is -0.0296. The fourth-order valence-corrected chi connectivity index (χ4v) is 8.61. The molecule has 1 saturated heterocycles. The summed E-state index contributed by atoms with van der Waals surface area (Å²) in [4.78, 5) is 27.7. The van der Waals surface area contributed by atoms with Crippen LogP contribution in [0.5, 0.6) is 11.5 Å². The van der Waals surface area contributed by atoms with E-state index in [1.165, 1.54) is 19.3 Å². The first-order valence-corrected chi connectivity index (χ1v) is 13.0. The van der Waals surface area contributed by atoms with E-state index in [1.54, 1.807) is 26.4 Å². The minimum absolute atomic E-state index is 0.0296. The summed E-state index contributed by atoms with van der Waals surface area (Å²) in [6, 6.07) is 5.96. The molecule has 34 heavy (non-hydrogen) atoms. The summed E-state index contributed by atoms with van der Waals surface area (Å²) in [6.45, 7) is 4.89. The molecule has 7 atom stereocenters. The Morgan fingerprint density at radius 2 is 1.71 bits per heavy atom. The van der Waals surface area contributed by atoms with Gasteiger partial charge < -0.3 is 19.7 Å². The molecule has 0 bridgehead atoms. The van der Waals surface area contributed by atoms with Crippen LogP contribution in [0.3, 0.4) is 0 Å². The number of nitrogens with zero attached hydrogens (tertiary/aromatic N) is 1. The van der Waals surface area contributed by atoms with Gasteiger partial charge in [0.2, 0.25) is 5.91 Å².